The van der Waals surface area contributed by atoms with Gasteiger partial charge in [-0.05, 0) is 24.7 Å². The van der Waals surface area contributed by atoms with E-state index < -0.39 is 23.7 Å². The lowest BCUT2D eigenvalue weighted by atomic mass is 10.0. The molecule has 5 heteroatoms. The van der Waals surface area contributed by atoms with Crippen LogP contribution in [-0.4, -0.2) is 24.8 Å². The first kappa shape index (κ1) is 12.0. The third-order valence-corrected chi connectivity index (χ3v) is 2.25. The van der Waals surface area contributed by atoms with Gasteiger partial charge in [-0.25, -0.2) is 8.78 Å². The summed E-state index contributed by atoms with van der Waals surface area (Å²) in [5.74, 6) is -1.82. The van der Waals surface area contributed by atoms with Gasteiger partial charge in [-0.1, -0.05) is 6.07 Å². The molecule has 84 valence electrons. The minimum atomic E-state index is -0.919. The van der Waals surface area contributed by atoms with Gasteiger partial charge in [0.1, 0.15) is 0 Å². The highest BCUT2D eigenvalue weighted by Crippen LogP contribution is 2.18. The first-order chi connectivity index (χ1) is 7.10. The number of benzene rings is 1. The topological polar surface area (TPSA) is 58.3 Å². The average molecular weight is 216 g/mol. The molecule has 1 rings (SSSR count). The Morgan fingerprint density at radius 2 is 2.07 bits per heavy atom. The summed E-state index contributed by atoms with van der Waals surface area (Å²) in [6, 6.07) is 2.60. The van der Waals surface area contributed by atoms with Crippen molar-refractivity contribution in [3.63, 3.8) is 0 Å². The molecule has 15 heavy (non-hydrogen) atoms. The van der Waals surface area contributed by atoms with Crippen molar-refractivity contribution < 1.29 is 13.9 Å². The Kier molecular flexibility index (Phi) is 4.14. The molecule has 0 aliphatic heterocycles. The summed E-state index contributed by atoms with van der Waals surface area (Å²) >= 11 is 0. The van der Waals surface area contributed by atoms with E-state index in [1.807, 2.05) is 0 Å². The van der Waals surface area contributed by atoms with Crippen molar-refractivity contribution in [1.29, 1.82) is 0 Å². The van der Waals surface area contributed by atoms with Crippen LogP contribution >= 0.6 is 0 Å². The summed E-state index contributed by atoms with van der Waals surface area (Å²) in [4.78, 5) is 0. The molecule has 0 amide bonds. The molecule has 0 heterocycles. The first-order valence-corrected chi connectivity index (χ1v) is 4.58. The normalized spacial score (nSPS) is 15.0. The monoisotopic (exact) mass is 216 g/mol. The van der Waals surface area contributed by atoms with E-state index in [-0.39, 0.29) is 6.61 Å². The van der Waals surface area contributed by atoms with Gasteiger partial charge in [0.05, 0.1) is 6.61 Å². The van der Waals surface area contributed by atoms with Crippen molar-refractivity contribution in [2.45, 2.75) is 12.1 Å². The molecule has 1 aromatic rings. The van der Waals surface area contributed by atoms with Gasteiger partial charge in [-0.15, -0.1) is 0 Å². The van der Waals surface area contributed by atoms with Crippen LogP contribution in [0.1, 0.15) is 11.6 Å². The van der Waals surface area contributed by atoms with Crippen molar-refractivity contribution in [2.24, 2.45) is 5.73 Å². The maximum Gasteiger partial charge on any atom is 0.159 e. The molecule has 0 radical (unpaired) electrons. The Morgan fingerprint density at radius 1 is 1.40 bits per heavy atom. The number of rotatable bonds is 4. The van der Waals surface area contributed by atoms with Gasteiger partial charge < -0.3 is 16.2 Å². The van der Waals surface area contributed by atoms with Crippen molar-refractivity contribution in [2.75, 3.05) is 13.7 Å². The van der Waals surface area contributed by atoms with E-state index in [2.05, 4.69) is 5.32 Å². The Labute approximate surface area is 86.9 Å². The maximum atomic E-state index is 12.9. The van der Waals surface area contributed by atoms with Gasteiger partial charge in [0, 0.05) is 12.1 Å². The number of hydrogen-bond donors (Lipinski definition) is 3. The van der Waals surface area contributed by atoms with Crippen molar-refractivity contribution in [3.05, 3.63) is 35.4 Å². The van der Waals surface area contributed by atoms with Gasteiger partial charge in [-0.3, -0.25) is 0 Å². The fraction of sp³-hybridized carbons (Fsp3) is 0.400. The zero-order valence-electron chi connectivity index (χ0n) is 8.37. The van der Waals surface area contributed by atoms with Crippen LogP contribution in [0.3, 0.4) is 0 Å². The van der Waals surface area contributed by atoms with Gasteiger partial charge in [-0.2, -0.15) is 0 Å². The van der Waals surface area contributed by atoms with E-state index >= 15 is 0 Å². The Hall–Kier alpha value is -1.04. The van der Waals surface area contributed by atoms with Gasteiger partial charge in [0.15, 0.2) is 11.6 Å². The number of nitrogens with two attached hydrogens (primary N) is 1. The lowest BCUT2D eigenvalue weighted by molar-refractivity contribution is 0.240. The number of aliphatic hydroxyl groups excluding tert-OH is 1. The van der Waals surface area contributed by atoms with Crippen LogP contribution in [0.2, 0.25) is 0 Å². The van der Waals surface area contributed by atoms with Gasteiger partial charge in [0.25, 0.3) is 0 Å². The number of likely N-dealkylation sites (N-methyl/N-ethyl adjacent to an activating group) is 1. The number of aliphatic hydroxyl groups is 1. The van der Waals surface area contributed by atoms with E-state index in [0.717, 1.165) is 12.1 Å². The summed E-state index contributed by atoms with van der Waals surface area (Å²) in [5.41, 5.74) is 6.13. The smallest absolute Gasteiger partial charge is 0.159 e. The highest BCUT2D eigenvalue weighted by molar-refractivity contribution is 5.22. The number of nitrogens with one attached hydrogen (secondary N) is 1. The molecule has 0 saturated heterocycles. The highest BCUT2D eigenvalue weighted by Gasteiger charge is 2.18. The van der Waals surface area contributed by atoms with Crippen LogP contribution in [0.5, 0.6) is 0 Å². The van der Waals surface area contributed by atoms with Crippen LogP contribution in [0.15, 0.2) is 18.2 Å². The Balaban J connectivity index is 2.97. The lowest BCUT2D eigenvalue weighted by Crippen LogP contribution is -2.39. The predicted molar refractivity (Wildman–Crippen MR) is 53.2 cm³/mol. The molecule has 0 aliphatic rings. The van der Waals surface area contributed by atoms with E-state index in [0.29, 0.717) is 5.56 Å². The molecule has 0 spiro atoms. The molecule has 1 aromatic carbocycles. The zero-order chi connectivity index (χ0) is 11.4. The highest BCUT2D eigenvalue weighted by atomic mass is 19.2. The molecule has 4 N–H and O–H groups in total. The van der Waals surface area contributed by atoms with Gasteiger partial charge in [0.2, 0.25) is 0 Å². The molecular formula is C10H14F2N2O. The third-order valence-electron chi connectivity index (χ3n) is 2.25. The van der Waals surface area contributed by atoms with E-state index in [4.69, 9.17) is 10.8 Å². The van der Waals surface area contributed by atoms with Crippen LogP contribution < -0.4 is 11.1 Å². The molecule has 3 nitrogen and oxygen atoms in total. The van der Waals surface area contributed by atoms with Crippen LogP contribution in [0.4, 0.5) is 8.78 Å². The minimum Gasteiger partial charge on any atom is -0.395 e. The summed E-state index contributed by atoms with van der Waals surface area (Å²) in [6.45, 7) is -0.232. The summed E-state index contributed by atoms with van der Waals surface area (Å²) < 4.78 is 25.6. The fourth-order valence-corrected chi connectivity index (χ4v) is 1.44. The molecular weight excluding hydrogens is 202 g/mol. The predicted octanol–water partition coefficient (Wildman–Crippen LogP) is 0.545. The molecule has 2 unspecified atom stereocenters. The molecule has 0 aromatic heterocycles. The van der Waals surface area contributed by atoms with Crippen molar-refractivity contribution in [3.8, 4) is 0 Å². The van der Waals surface area contributed by atoms with Crippen LogP contribution in [0.25, 0.3) is 0 Å². The maximum absolute atomic E-state index is 12.9. The molecule has 0 aliphatic carbocycles. The van der Waals surface area contributed by atoms with Gasteiger partial charge >= 0.3 is 0 Å². The van der Waals surface area contributed by atoms with Crippen molar-refractivity contribution >= 4 is 0 Å². The molecule has 0 fully saturated rings. The quantitative estimate of drug-likeness (QED) is 0.688. The standard InChI is InChI=1S/C10H14F2N2O/c1-14-10(9(13)5-15)6-2-3-7(11)8(12)4-6/h2-4,9-10,14-15H,5,13H2,1H3. The van der Waals surface area contributed by atoms with Crippen LogP contribution in [-0.2, 0) is 0 Å². The number of hydrogen-bond acceptors (Lipinski definition) is 3. The Morgan fingerprint density at radius 3 is 2.53 bits per heavy atom. The summed E-state index contributed by atoms with van der Waals surface area (Å²) in [5, 5.41) is 11.7. The van der Waals surface area contributed by atoms with E-state index in [1.54, 1.807) is 7.05 Å². The molecule has 0 bridgehead atoms. The second-order valence-electron chi connectivity index (χ2n) is 3.29. The third kappa shape index (κ3) is 2.71. The van der Waals surface area contributed by atoms with E-state index in [9.17, 15) is 8.78 Å². The lowest BCUT2D eigenvalue weighted by Gasteiger charge is -2.22. The molecule has 2 atom stereocenters. The van der Waals surface area contributed by atoms with Crippen LogP contribution in [0, 0.1) is 11.6 Å². The summed E-state index contributed by atoms with van der Waals surface area (Å²) in [7, 11) is 1.64. The fourth-order valence-electron chi connectivity index (χ4n) is 1.44. The summed E-state index contributed by atoms with van der Waals surface area (Å²) in [6.07, 6.45) is 0. The Bertz CT molecular complexity index is 333. The van der Waals surface area contributed by atoms with Crippen molar-refractivity contribution in [1.82, 2.24) is 5.32 Å². The van der Waals surface area contributed by atoms with E-state index in [1.165, 1.54) is 6.07 Å². The SMILES string of the molecule is CNC(c1ccc(F)c(F)c1)C(N)CO. The second kappa shape index (κ2) is 5.16. The minimum absolute atomic E-state index is 0.232. The number of halogens is 2. The zero-order valence-corrected chi connectivity index (χ0v) is 8.37. The largest absolute Gasteiger partial charge is 0.395 e. The first-order valence-electron chi connectivity index (χ1n) is 4.58. The second-order valence-corrected chi connectivity index (χ2v) is 3.29. The molecule has 0 saturated carbocycles. The average Bonchev–Trinajstić information content (AvgIpc) is 2.24.